The number of fused-ring (bicyclic) bond motifs is 2. The molecule has 100 valence electrons. The Balaban J connectivity index is 2.04. The van der Waals surface area contributed by atoms with Crippen molar-refractivity contribution in [1.29, 1.82) is 0 Å². The van der Waals surface area contributed by atoms with E-state index in [4.69, 9.17) is 18.0 Å². The Morgan fingerprint density at radius 3 is 2.45 bits per heavy atom. The zero-order chi connectivity index (χ0) is 14.1. The van der Waals surface area contributed by atoms with Gasteiger partial charge in [0, 0.05) is 5.69 Å². The zero-order valence-corrected chi connectivity index (χ0v) is 11.3. The fourth-order valence-corrected chi connectivity index (χ4v) is 2.21. The van der Waals surface area contributed by atoms with Gasteiger partial charge in [0.05, 0.1) is 22.6 Å². The van der Waals surface area contributed by atoms with Crippen molar-refractivity contribution in [3.8, 4) is 0 Å². The maximum Gasteiger partial charge on any atom is 0.257 e. The maximum absolute atomic E-state index is 12.3. The summed E-state index contributed by atoms with van der Waals surface area (Å²) in [6.45, 7) is 0. The molecule has 0 fully saturated rings. The van der Waals surface area contributed by atoms with Gasteiger partial charge in [-0.2, -0.15) is 0 Å². The predicted molar refractivity (Wildman–Crippen MR) is 84.5 cm³/mol. The number of amides is 1. The normalized spacial score (nSPS) is 12.3. The van der Waals surface area contributed by atoms with Gasteiger partial charge in [-0.25, -0.2) is 0 Å². The van der Waals surface area contributed by atoms with Crippen molar-refractivity contribution in [1.82, 2.24) is 0 Å². The lowest BCUT2D eigenvalue weighted by molar-refractivity contribution is 0.102. The summed E-state index contributed by atoms with van der Waals surface area (Å²) >= 11 is 4.80. The lowest BCUT2D eigenvalue weighted by atomic mass is 10.1. The largest absolute Gasteiger partial charge is 0.376 e. The molecule has 0 radical (unpaired) electrons. The molecule has 5 N–H and O–H groups in total. The van der Waals surface area contributed by atoms with Crippen molar-refractivity contribution < 1.29 is 4.79 Å². The molecule has 1 heterocycles. The first-order valence-corrected chi connectivity index (χ1v) is 6.42. The number of carbonyl (C=O) groups excluding carboxylic acids is 1. The van der Waals surface area contributed by atoms with Crippen molar-refractivity contribution in [2.24, 2.45) is 5.73 Å². The Morgan fingerprint density at radius 2 is 1.75 bits per heavy atom. The third kappa shape index (κ3) is 2.28. The van der Waals surface area contributed by atoms with Crippen LogP contribution >= 0.6 is 12.2 Å². The minimum Gasteiger partial charge on any atom is -0.376 e. The Hall–Kier alpha value is -2.60. The summed E-state index contributed by atoms with van der Waals surface area (Å²) in [5, 5.41) is 9.09. The lowest BCUT2D eigenvalue weighted by Gasteiger charge is -2.10. The second kappa shape index (κ2) is 4.82. The highest BCUT2D eigenvalue weighted by Gasteiger charge is 2.18. The average molecular weight is 284 g/mol. The summed E-state index contributed by atoms with van der Waals surface area (Å²) in [6.07, 6.45) is 0. The number of hydrogen-bond acceptors (Lipinski definition) is 3. The van der Waals surface area contributed by atoms with Crippen molar-refractivity contribution in [3.05, 3.63) is 48.0 Å². The second-order valence-corrected chi connectivity index (χ2v) is 4.81. The summed E-state index contributed by atoms with van der Waals surface area (Å²) < 4.78 is 0. The van der Waals surface area contributed by atoms with E-state index in [1.165, 1.54) is 0 Å². The Bertz CT molecular complexity index is 714. The summed E-state index contributed by atoms with van der Waals surface area (Å²) in [4.78, 5) is 12.3. The SMILES string of the molecule is NC(=S)Nc1ccc2c(c1)C(=O)Nc1ccccc1N2. The smallest absolute Gasteiger partial charge is 0.257 e. The number of thiocarbonyl (C=S) groups is 1. The first kappa shape index (κ1) is 12.4. The van der Waals surface area contributed by atoms with Crippen LogP contribution in [0.2, 0.25) is 0 Å². The van der Waals surface area contributed by atoms with E-state index in [0.29, 0.717) is 11.3 Å². The monoisotopic (exact) mass is 284 g/mol. The molecule has 0 aromatic heterocycles. The predicted octanol–water partition coefficient (Wildman–Crippen LogP) is 2.65. The van der Waals surface area contributed by atoms with Crippen molar-refractivity contribution in [2.45, 2.75) is 0 Å². The molecule has 5 nitrogen and oxygen atoms in total. The Kier molecular flexibility index (Phi) is 3.00. The molecule has 0 spiro atoms. The van der Waals surface area contributed by atoms with E-state index in [1.807, 2.05) is 36.4 Å². The minimum atomic E-state index is -0.177. The Morgan fingerprint density at radius 1 is 1.05 bits per heavy atom. The van der Waals surface area contributed by atoms with Crippen LogP contribution < -0.4 is 21.7 Å². The molecule has 0 bridgehead atoms. The van der Waals surface area contributed by atoms with E-state index >= 15 is 0 Å². The van der Waals surface area contributed by atoms with Crippen LogP contribution in [0.5, 0.6) is 0 Å². The highest BCUT2D eigenvalue weighted by atomic mass is 32.1. The number of benzene rings is 2. The van der Waals surface area contributed by atoms with Crippen LogP contribution in [0.1, 0.15) is 10.4 Å². The molecular weight excluding hydrogens is 272 g/mol. The molecular formula is C14H12N4OS. The van der Waals surface area contributed by atoms with Crippen LogP contribution in [0.3, 0.4) is 0 Å². The van der Waals surface area contributed by atoms with E-state index in [0.717, 1.165) is 17.1 Å². The van der Waals surface area contributed by atoms with E-state index in [-0.39, 0.29) is 11.0 Å². The number of rotatable bonds is 1. The van der Waals surface area contributed by atoms with Crippen LogP contribution in [0.4, 0.5) is 22.7 Å². The summed E-state index contributed by atoms with van der Waals surface area (Å²) in [6, 6.07) is 12.9. The molecule has 2 aromatic carbocycles. The van der Waals surface area contributed by atoms with Crippen LogP contribution in [-0.4, -0.2) is 11.0 Å². The maximum atomic E-state index is 12.3. The third-order valence-electron chi connectivity index (χ3n) is 2.98. The Labute approximate surface area is 121 Å². The molecule has 0 atom stereocenters. The first-order valence-electron chi connectivity index (χ1n) is 6.01. The van der Waals surface area contributed by atoms with E-state index in [1.54, 1.807) is 6.07 Å². The van der Waals surface area contributed by atoms with Gasteiger partial charge < -0.3 is 21.7 Å². The zero-order valence-electron chi connectivity index (χ0n) is 10.4. The molecule has 2 aromatic rings. The minimum absolute atomic E-state index is 0.162. The summed E-state index contributed by atoms with van der Waals surface area (Å²) in [7, 11) is 0. The van der Waals surface area contributed by atoms with Gasteiger partial charge in [-0.3, -0.25) is 4.79 Å². The van der Waals surface area contributed by atoms with Crippen molar-refractivity contribution in [2.75, 3.05) is 16.0 Å². The molecule has 1 aliphatic heterocycles. The topological polar surface area (TPSA) is 79.2 Å². The molecule has 1 aliphatic rings. The molecule has 20 heavy (non-hydrogen) atoms. The number of hydrogen-bond donors (Lipinski definition) is 4. The molecule has 0 aliphatic carbocycles. The van der Waals surface area contributed by atoms with Gasteiger partial charge in [0.25, 0.3) is 5.91 Å². The second-order valence-electron chi connectivity index (χ2n) is 4.37. The van der Waals surface area contributed by atoms with Gasteiger partial charge in [-0.1, -0.05) is 12.1 Å². The quantitative estimate of drug-likeness (QED) is 0.605. The fraction of sp³-hybridized carbons (Fsp3) is 0. The number of para-hydroxylation sites is 2. The molecule has 3 rings (SSSR count). The average Bonchev–Trinajstić information content (AvgIpc) is 2.54. The van der Waals surface area contributed by atoms with Gasteiger partial charge in [0.1, 0.15) is 0 Å². The van der Waals surface area contributed by atoms with Crippen LogP contribution in [0.15, 0.2) is 42.5 Å². The third-order valence-corrected chi connectivity index (χ3v) is 3.08. The molecule has 0 saturated carbocycles. The van der Waals surface area contributed by atoms with Crippen LogP contribution in [0.25, 0.3) is 0 Å². The highest BCUT2D eigenvalue weighted by Crippen LogP contribution is 2.32. The first-order chi connectivity index (χ1) is 9.63. The summed E-state index contributed by atoms with van der Waals surface area (Å²) in [5.41, 5.74) is 8.99. The number of nitrogens with one attached hydrogen (secondary N) is 3. The van der Waals surface area contributed by atoms with Gasteiger partial charge in [0.15, 0.2) is 5.11 Å². The number of nitrogens with two attached hydrogens (primary N) is 1. The molecule has 6 heteroatoms. The van der Waals surface area contributed by atoms with Crippen LogP contribution in [0, 0.1) is 0 Å². The lowest BCUT2D eigenvalue weighted by Crippen LogP contribution is -2.19. The van der Waals surface area contributed by atoms with Gasteiger partial charge in [-0.05, 0) is 42.5 Å². The van der Waals surface area contributed by atoms with Gasteiger partial charge >= 0.3 is 0 Å². The van der Waals surface area contributed by atoms with E-state index < -0.39 is 0 Å². The summed E-state index contributed by atoms with van der Waals surface area (Å²) in [5.74, 6) is -0.177. The van der Waals surface area contributed by atoms with Gasteiger partial charge in [0.2, 0.25) is 0 Å². The van der Waals surface area contributed by atoms with E-state index in [2.05, 4.69) is 16.0 Å². The number of anilines is 4. The molecule has 1 amide bonds. The highest BCUT2D eigenvalue weighted by molar-refractivity contribution is 7.80. The number of carbonyl (C=O) groups is 1. The van der Waals surface area contributed by atoms with Gasteiger partial charge in [-0.15, -0.1) is 0 Å². The van der Waals surface area contributed by atoms with E-state index in [9.17, 15) is 4.79 Å². The van der Waals surface area contributed by atoms with Crippen LogP contribution in [-0.2, 0) is 0 Å². The fourth-order valence-electron chi connectivity index (χ4n) is 2.10. The van der Waals surface area contributed by atoms with Crippen molar-refractivity contribution >= 4 is 46.0 Å². The standard InChI is InChI=1S/C14H12N4OS/c15-14(20)16-8-5-6-10-9(7-8)13(19)18-12-4-2-1-3-11(12)17-10/h1-7,17H,(H,18,19)(H3,15,16,20). The molecule has 0 saturated heterocycles. The van der Waals surface area contributed by atoms with Crippen molar-refractivity contribution in [3.63, 3.8) is 0 Å². The molecule has 0 unspecified atom stereocenters.